The Hall–Kier alpha value is -2.42. The Morgan fingerprint density at radius 2 is 1.65 bits per heavy atom. The number of aliphatic imine (C=N–C) groups is 1. The number of rotatable bonds is 3. The van der Waals surface area contributed by atoms with Gasteiger partial charge in [-0.05, 0) is 29.8 Å². The summed E-state index contributed by atoms with van der Waals surface area (Å²) in [5.74, 6) is -1.19. The van der Waals surface area contributed by atoms with Crippen molar-refractivity contribution in [3.63, 3.8) is 0 Å². The van der Waals surface area contributed by atoms with Crippen LogP contribution in [0.15, 0.2) is 52.4 Å². The largest absolute Gasteiger partial charge is 0.370 e. The summed E-state index contributed by atoms with van der Waals surface area (Å²) in [6, 6.07) is 10.5. The minimum atomic E-state index is -4.07. The van der Waals surface area contributed by atoms with Gasteiger partial charge in [0.25, 0.3) is 5.91 Å². The molecule has 0 fully saturated rings. The third-order valence-electron chi connectivity index (χ3n) is 2.92. The van der Waals surface area contributed by atoms with E-state index >= 15 is 0 Å². The van der Waals surface area contributed by atoms with Gasteiger partial charge >= 0.3 is 0 Å². The minimum Gasteiger partial charge on any atom is -0.370 e. The van der Waals surface area contributed by atoms with Gasteiger partial charge in [0, 0.05) is 16.1 Å². The van der Waals surface area contributed by atoms with Crippen molar-refractivity contribution in [2.45, 2.75) is 4.90 Å². The lowest BCUT2D eigenvalue weighted by molar-refractivity contribution is 0.100. The highest BCUT2D eigenvalue weighted by molar-refractivity contribution is 7.89. The lowest BCUT2D eigenvalue weighted by atomic mass is 10.0. The Morgan fingerprint density at radius 3 is 2.17 bits per heavy atom. The molecule has 6 N–H and O–H groups in total. The van der Waals surface area contributed by atoms with Gasteiger partial charge in [-0.2, -0.15) is 4.99 Å². The number of carbonyl (C=O) groups excluding carboxylic acids is 1. The van der Waals surface area contributed by atoms with Gasteiger partial charge in [0.1, 0.15) is 0 Å². The highest BCUT2D eigenvalue weighted by Gasteiger charge is 2.18. The Morgan fingerprint density at radius 1 is 1.04 bits per heavy atom. The predicted octanol–water partition coefficient (Wildman–Crippen LogP) is 1.07. The van der Waals surface area contributed by atoms with Crippen molar-refractivity contribution in [3.8, 4) is 11.1 Å². The molecule has 0 aliphatic rings. The van der Waals surface area contributed by atoms with Crippen LogP contribution in [0.1, 0.15) is 10.4 Å². The minimum absolute atomic E-state index is 0.000128. The maximum atomic E-state index is 11.8. The molecule has 0 saturated heterocycles. The van der Waals surface area contributed by atoms with Crippen LogP contribution in [0, 0.1) is 0 Å². The molecule has 0 aliphatic heterocycles. The van der Waals surface area contributed by atoms with Crippen molar-refractivity contribution in [2.24, 2.45) is 21.6 Å². The number of guanidine groups is 1. The van der Waals surface area contributed by atoms with E-state index in [1.807, 2.05) is 0 Å². The quantitative estimate of drug-likeness (QED) is 0.559. The third kappa shape index (κ3) is 4.07. The Kier molecular flexibility index (Phi) is 4.69. The van der Waals surface area contributed by atoms with Crippen molar-refractivity contribution < 1.29 is 13.2 Å². The van der Waals surface area contributed by atoms with Crippen LogP contribution in [-0.4, -0.2) is 20.3 Å². The number of nitrogens with two attached hydrogens (primary N) is 3. The number of halogens is 1. The average Bonchev–Trinajstić information content (AvgIpc) is 2.46. The summed E-state index contributed by atoms with van der Waals surface area (Å²) in [5.41, 5.74) is 11.2. The molecule has 2 rings (SSSR count). The second kappa shape index (κ2) is 6.37. The van der Waals surface area contributed by atoms with Crippen LogP contribution in [0.25, 0.3) is 11.1 Å². The monoisotopic (exact) mass is 352 g/mol. The van der Waals surface area contributed by atoms with Crippen molar-refractivity contribution in [3.05, 3.63) is 53.1 Å². The Labute approximate surface area is 137 Å². The first kappa shape index (κ1) is 16.9. The van der Waals surface area contributed by atoms with E-state index in [1.54, 1.807) is 24.3 Å². The molecule has 7 nitrogen and oxygen atoms in total. The summed E-state index contributed by atoms with van der Waals surface area (Å²) < 4.78 is 23.7. The number of carbonyl (C=O) groups is 1. The molecule has 23 heavy (non-hydrogen) atoms. The first-order chi connectivity index (χ1) is 10.7. The first-order valence-corrected chi connectivity index (χ1v) is 8.17. The van der Waals surface area contributed by atoms with Gasteiger partial charge in [0.2, 0.25) is 10.0 Å². The lowest BCUT2D eigenvalue weighted by Gasteiger charge is -2.09. The number of hydrogen-bond donors (Lipinski definition) is 3. The molecule has 2 aromatic rings. The number of amides is 1. The zero-order valence-electron chi connectivity index (χ0n) is 11.7. The molecule has 0 bridgehead atoms. The summed E-state index contributed by atoms with van der Waals surface area (Å²) in [5, 5.41) is 5.75. The zero-order valence-corrected chi connectivity index (χ0v) is 13.3. The van der Waals surface area contributed by atoms with Crippen molar-refractivity contribution in [1.29, 1.82) is 0 Å². The number of benzene rings is 2. The fraction of sp³-hybridized carbons (Fsp3) is 0. The highest BCUT2D eigenvalue weighted by Crippen LogP contribution is 2.29. The normalized spacial score (nSPS) is 11.0. The molecule has 120 valence electrons. The molecule has 0 aliphatic carbocycles. The zero-order chi connectivity index (χ0) is 17.2. The molecule has 0 atom stereocenters. The maximum absolute atomic E-state index is 11.8. The van der Waals surface area contributed by atoms with Crippen molar-refractivity contribution in [1.82, 2.24) is 0 Å². The van der Waals surface area contributed by atoms with Crippen LogP contribution in [0.2, 0.25) is 5.02 Å². The number of hydrogen-bond acceptors (Lipinski definition) is 3. The van der Waals surface area contributed by atoms with Gasteiger partial charge in [-0.15, -0.1) is 0 Å². The van der Waals surface area contributed by atoms with Gasteiger partial charge in [-0.1, -0.05) is 29.8 Å². The predicted molar refractivity (Wildman–Crippen MR) is 88.4 cm³/mol. The van der Waals surface area contributed by atoms with E-state index in [-0.39, 0.29) is 10.5 Å². The van der Waals surface area contributed by atoms with E-state index in [2.05, 4.69) is 4.99 Å². The van der Waals surface area contributed by atoms with Gasteiger partial charge in [-0.25, -0.2) is 13.6 Å². The molecule has 0 unspecified atom stereocenters. The van der Waals surface area contributed by atoms with Crippen molar-refractivity contribution in [2.75, 3.05) is 0 Å². The Balaban J connectivity index is 2.63. The fourth-order valence-electron chi connectivity index (χ4n) is 1.94. The molecule has 0 saturated carbocycles. The average molecular weight is 353 g/mol. The first-order valence-electron chi connectivity index (χ1n) is 6.25. The van der Waals surface area contributed by atoms with E-state index < -0.39 is 21.9 Å². The Bertz CT molecular complexity index is 889. The standard InChI is InChI=1S/C14H13ClN4O3S/c15-10-4-1-8(2-5-10)11-6-3-9(13(20)19-14(16)17)7-12(11)23(18,21)22/h1-7H,(H2,18,21,22)(H4,16,17,19,20). The highest BCUT2D eigenvalue weighted by atomic mass is 35.5. The topological polar surface area (TPSA) is 142 Å². The summed E-state index contributed by atoms with van der Waals surface area (Å²) in [6.45, 7) is 0. The van der Waals surface area contributed by atoms with Crippen LogP contribution >= 0.6 is 11.6 Å². The van der Waals surface area contributed by atoms with Gasteiger partial charge in [0.05, 0.1) is 4.90 Å². The van der Waals surface area contributed by atoms with Gasteiger partial charge in [-0.3, -0.25) is 4.79 Å². The summed E-state index contributed by atoms with van der Waals surface area (Å²) in [4.78, 5) is 15.0. The van der Waals surface area contributed by atoms with E-state index in [0.717, 1.165) is 6.07 Å². The van der Waals surface area contributed by atoms with Crippen LogP contribution in [-0.2, 0) is 10.0 Å². The molecule has 2 aromatic carbocycles. The molecular weight excluding hydrogens is 340 g/mol. The lowest BCUT2D eigenvalue weighted by Crippen LogP contribution is -2.24. The summed E-state index contributed by atoms with van der Waals surface area (Å²) in [6.07, 6.45) is 0. The smallest absolute Gasteiger partial charge is 0.280 e. The maximum Gasteiger partial charge on any atom is 0.280 e. The van der Waals surface area contributed by atoms with Crippen LogP contribution < -0.4 is 16.6 Å². The van der Waals surface area contributed by atoms with Gasteiger partial charge < -0.3 is 11.5 Å². The second-order valence-corrected chi connectivity index (χ2v) is 6.57. The van der Waals surface area contributed by atoms with Gasteiger partial charge in [0.15, 0.2) is 5.96 Å². The van der Waals surface area contributed by atoms with Crippen LogP contribution in [0.3, 0.4) is 0 Å². The second-order valence-electron chi connectivity index (χ2n) is 4.60. The third-order valence-corrected chi connectivity index (χ3v) is 4.12. The van der Waals surface area contributed by atoms with E-state index in [4.69, 9.17) is 28.2 Å². The van der Waals surface area contributed by atoms with E-state index in [0.29, 0.717) is 16.1 Å². The molecule has 0 radical (unpaired) electrons. The molecule has 0 spiro atoms. The molecular formula is C14H13ClN4O3S. The summed E-state index contributed by atoms with van der Waals surface area (Å²) >= 11 is 5.82. The SMILES string of the molecule is NC(N)=NC(=O)c1ccc(-c2ccc(Cl)cc2)c(S(N)(=O)=O)c1. The van der Waals surface area contributed by atoms with Crippen LogP contribution in [0.4, 0.5) is 0 Å². The van der Waals surface area contributed by atoms with E-state index in [9.17, 15) is 13.2 Å². The van der Waals surface area contributed by atoms with Crippen molar-refractivity contribution >= 4 is 33.5 Å². The molecule has 9 heteroatoms. The number of nitrogens with zero attached hydrogens (tertiary/aromatic N) is 1. The van der Waals surface area contributed by atoms with Crippen LogP contribution in [0.5, 0.6) is 0 Å². The molecule has 1 amide bonds. The fourth-order valence-corrected chi connectivity index (χ4v) is 2.85. The molecule has 0 aromatic heterocycles. The number of primary sulfonamides is 1. The van der Waals surface area contributed by atoms with E-state index in [1.165, 1.54) is 12.1 Å². The summed E-state index contributed by atoms with van der Waals surface area (Å²) in [7, 11) is -4.07. The molecule has 0 heterocycles. The number of sulfonamides is 1.